The van der Waals surface area contributed by atoms with Crippen molar-refractivity contribution in [1.82, 2.24) is 14.7 Å². The Morgan fingerprint density at radius 3 is 1.76 bits per heavy atom. The van der Waals surface area contributed by atoms with Crippen LogP contribution in [0.3, 0.4) is 0 Å². The van der Waals surface area contributed by atoms with Crippen LogP contribution in [0.15, 0.2) is 42.5 Å². The first-order chi connectivity index (χ1) is 20.8. The molecule has 0 radical (unpaired) electrons. The molecule has 0 N–H and O–H groups in total. The molecule has 3 amide bonds. The van der Waals surface area contributed by atoms with Gasteiger partial charge < -0.3 is 14.7 Å². The number of amides is 3. The molecule has 0 bridgehead atoms. The molecule has 2 atom stereocenters. The van der Waals surface area contributed by atoms with Crippen LogP contribution in [0, 0.1) is 11.7 Å². The largest absolute Gasteiger partial charge is 0.416 e. The van der Waals surface area contributed by atoms with Crippen molar-refractivity contribution in [2.45, 2.75) is 69.8 Å². The molecule has 0 saturated carbocycles. The van der Waals surface area contributed by atoms with E-state index in [0.717, 1.165) is 0 Å². The number of halogens is 7. The molecule has 2 heterocycles. The fourth-order valence-corrected chi connectivity index (χ4v) is 6.37. The highest BCUT2D eigenvalue weighted by Crippen LogP contribution is 2.41. The first-order valence-electron chi connectivity index (χ1n) is 14.7. The van der Waals surface area contributed by atoms with E-state index in [1.807, 2.05) is 0 Å². The van der Waals surface area contributed by atoms with E-state index in [1.54, 1.807) is 9.80 Å². The average molecular weight is 644 g/mol. The second-order valence-electron chi connectivity index (χ2n) is 12.4. The molecule has 2 saturated heterocycles. The summed E-state index contributed by atoms with van der Waals surface area (Å²) in [7, 11) is 1.44. The molecule has 246 valence electrons. The van der Waals surface area contributed by atoms with Gasteiger partial charge in [-0.25, -0.2) is 4.39 Å². The van der Waals surface area contributed by atoms with E-state index in [-0.39, 0.29) is 43.3 Å². The van der Waals surface area contributed by atoms with Crippen LogP contribution in [0.2, 0.25) is 0 Å². The van der Waals surface area contributed by atoms with Crippen molar-refractivity contribution >= 4 is 17.7 Å². The van der Waals surface area contributed by atoms with Gasteiger partial charge in [0.25, 0.3) is 0 Å². The first-order valence-corrected chi connectivity index (χ1v) is 14.7. The number of rotatable bonds is 5. The highest BCUT2D eigenvalue weighted by Gasteiger charge is 2.44. The summed E-state index contributed by atoms with van der Waals surface area (Å²) >= 11 is 0. The van der Waals surface area contributed by atoms with E-state index in [0.29, 0.717) is 43.6 Å². The van der Waals surface area contributed by atoms with Crippen LogP contribution in [-0.2, 0) is 32.2 Å². The third-order valence-corrected chi connectivity index (χ3v) is 9.14. The van der Waals surface area contributed by atoms with Gasteiger partial charge in [0.2, 0.25) is 17.7 Å². The molecule has 2 aliphatic rings. The number of nitrogens with zero attached hydrogens (tertiary/aromatic N) is 3. The summed E-state index contributed by atoms with van der Waals surface area (Å²) in [6, 6.07) is 6.13. The number of likely N-dealkylation sites (tertiary alicyclic amines) is 2. The fourth-order valence-electron chi connectivity index (χ4n) is 6.37. The number of carbonyl (C=O) groups excluding carboxylic acids is 3. The minimum absolute atomic E-state index is 0.0228. The molecule has 2 aromatic rings. The standard InChI is InChI=1S/C32H36F7N3O3/c1-19(43)41-12-9-21(10-13-41)28(44)42-14-11-27(26(18-42)20-5-7-25(33)8-6-20)40(4)29(45)30(2,3)22-15-23(31(34,35)36)17-24(16-22)32(37,38)39/h5-8,15-17,21,26-27H,9-14,18H2,1-4H3/t26-,27+/m0/s1. The predicted molar refractivity (Wildman–Crippen MR) is 151 cm³/mol. The third-order valence-electron chi connectivity index (χ3n) is 9.14. The summed E-state index contributed by atoms with van der Waals surface area (Å²) in [6.07, 6.45) is -8.87. The van der Waals surface area contributed by atoms with E-state index in [2.05, 4.69) is 0 Å². The Morgan fingerprint density at radius 2 is 1.27 bits per heavy atom. The maximum atomic E-state index is 14.0. The van der Waals surface area contributed by atoms with E-state index < -0.39 is 58.1 Å². The van der Waals surface area contributed by atoms with Crippen molar-refractivity contribution < 1.29 is 45.1 Å². The molecule has 0 spiro atoms. The Hall–Kier alpha value is -3.64. The average Bonchev–Trinajstić information content (AvgIpc) is 2.99. The van der Waals surface area contributed by atoms with E-state index in [1.165, 1.54) is 57.0 Å². The van der Waals surface area contributed by atoms with Gasteiger partial charge in [-0.15, -0.1) is 0 Å². The normalized spacial score (nSPS) is 20.2. The van der Waals surface area contributed by atoms with Crippen LogP contribution in [-0.4, -0.2) is 71.7 Å². The van der Waals surface area contributed by atoms with Crippen molar-refractivity contribution in [3.05, 3.63) is 70.5 Å². The Balaban J connectivity index is 1.62. The molecule has 0 aromatic heterocycles. The number of hydrogen-bond donors (Lipinski definition) is 0. The van der Waals surface area contributed by atoms with Crippen molar-refractivity contribution in [1.29, 1.82) is 0 Å². The summed E-state index contributed by atoms with van der Waals surface area (Å²) in [5.74, 6) is -2.17. The molecule has 2 aliphatic heterocycles. The van der Waals surface area contributed by atoms with Crippen molar-refractivity contribution in [3.63, 3.8) is 0 Å². The van der Waals surface area contributed by atoms with Crippen LogP contribution in [0.4, 0.5) is 30.7 Å². The van der Waals surface area contributed by atoms with E-state index in [4.69, 9.17) is 0 Å². The number of likely N-dealkylation sites (N-methyl/N-ethyl adjacent to an activating group) is 1. The lowest BCUT2D eigenvalue weighted by Crippen LogP contribution is -2.55. The minimum atomic E-state index is -5.07. The molecule has 13 heteroatoms. The molecule has 45 heavy (non-hydrogen) atoms. The van der Waals surface area contributed by atoms with Crippen molar-refractivity contribution in [2.75, 3.05) is 33.2 Å². The zero-order valence-corrected chi connectivity index (χ0v) is 25.4. The molecule has 0 unspecified atom stereocenters. The summed E-state index contributed by atoms with van der Waals surface area (Å²) in [6.45, 7) is 5.38. The fraction of sp³-hybridized carbons (Fsp3) is 0.531. The zero-order chi connectivity index (χ0) is 33.5. The first kappa shape index (κ1) is 34.2. The minimum Gasteiger partial charge on any atom is -0.343 e. The van der Waals surface area contributed by atoms with Crippen LogP contribution in [0.1, 0.15) is 68.2 Å². The maximum absolute atomic E-state index is 14.0. The highest BCUT2D eigenvalue weighted by molar-refractivity contribution is 5.88. The van der Waals surface area contributed by atoms with Gasteiger partial charge in [-0.05, 0) is 74.6 Å². The molecule has 6 nitrogen and oxygen atoms in total. The maximum Gasteiger partial charge on any atom is 0.416 e. The van der Waals surface area contributed by atoms with Crippen LogP contribution in [0.5, 0.6) is 0 Å². The summed E-state index contributed by atoms with van der Waals surface area (Å²) in [5.41, 5.74) is -4.63. The quantitative estimate of drug-likeness (QED) is 0.363. The number of carbonyl (C=O) groups is 3. The Kier molecular flexibility index (Phi) is 9.61. The van der Waals surface area contributed by atoms with Gasteiger partial charge in [-0.3, -0.25) is 14.4 Å². The lowest BCUT2D eigenvalue weighted by molar-refractivity contribution is -0.145. The van der Waals surface area contributed by atoms with Crippen molar-refractivity contribution in [3.8, 4) is 0 Å². The third kappa shape index (κ3) is 7.44. The summed E-state index contributed by atoms with van der Waals surface area (Å²) in [4.78, 5) is 43.9. The van der Waals surface area contributed by atoms with Crippen LogP contribution < -0.4 is 0 Å². The molecule has 2 aromatic carbocycles. The SMILES string of the molecule is CC(=O)N1CCC(C(=O)N2CC[C@@H](N(C)C(=O)C(C)(C)c3cc(C(F)(F)F)cc(C(F)(F)F)c3)[C@H](c3ccc(F)cc3)C2)CC1. The number of hydrogen-bond acceptors (Lipinski definition) is 3. The lowest BCUT2D eigenvalue weighted by Gasteiger charge is -2.46. The van der Waals surface area contributed by atoms with Crippen molar-refractivity contribution in [2.24, 2.45) is 5.92 Å². The molecular formula is C32H36F7N3O3. The highest BCUT2D eigenvalue weighted by atomic mass is 19.4. The van der Waals surface area contributed by atoms with Gasteiger partial charge in [0, 0.05) is 58.0 Å². The second-order valence-corrected chi connectivity index (χ2v) is 12.4. The molecular weight excluding hydrogens is 607 g/mol. The number of piperidine rings is 2. The van der Waals surface area contributed by atoms with Gasteiger partial charge in [0.1, 0.15) is 5.82 Å². The lowest BCUT2D eigenvalue weighted by atomic mass is 9.79. The monoisotopic (exact) mass is 643 g/mol. The Morgan fingerprint density at radius 1 is 0.778 bits per heavy atom. The van der Waals surface area contributed by atoms with E-state index in [9.17, 15) is 45.1 Å². The van der Waals surface area contributed by atoms with E-state index >= 15 is 0 Å². The summed E-state index contributed by atoms with van der Waals surface area (Å²) < 4.78 is 95.4. The number of alkyl halides is 6. The molecule has 4 rings (SSSR count). The predicted octanol–water partition coefficient (Wildman–Crippen LogP) is 6.24. The molecule has 0 aliphatic carbocycles. The summed E-state index contributed by atoms with van der Waals surface area (Å²) in [5, 5.41) is 0. The Labute approximate surface area is 257 Å². The van der Waals surface area contributed by atoms with Gasteiger partial charge >= 0.3 is 12.4 Å². The smallest absolute Gasteiger partial charge is 0.343 e. The van der Waals surface area contributed by atoms with Gasteiger partial charge in [0.15, 0.2) is 0 Å². The second kappa shape index (κ2) is 12.6. The number of benzene rings is 2. The van der Waals surface area contributed by atoms with Gasteiger partial charge in [-0.1, -0.05) is 12.1 Å². The van der Waals surface area contributed by atoms with Gasteiger partial charge in [0.05, 0.1) is 16.5 Å². The topological polar surface area (TPSA) is 60.9 Å². The zero-order valence-electron chi connectivity index (χ0n) is 25.4. The van der Waals surface area contributed by atoms with Crippen LogP contribution >= 0.6 is 0 Å². The Bertz CT molecular complexity index is 1380. The van der Waals surface area contributed by atoms with Gasteiger partial charge in [-0.2, -0.15) is 26.3 Å². The van der Waals surface area contributed by atoms with Crippen LogP contribution in [0.25, 0.3) is 0 Å². The molecule has 2 fully saturated rings.